The molecule has 1 fully saturated rings. The van der Waals surface area contributed by atoms with Gasteiger partial charge in [0.05, 0.1) is 11.7 Å². The van der Waals surface area contributed by atoms with Gasteiger partial charge in [0.25, 0.3) is 0 Å². The average Bonchev–Trinajstić information content (AvgIpc) is 2.68. The number of aryl methyl sites for hydroxylation is 1. The van der Waals surface area contributed by atoms with Gasteiger partial charge in [-0.3, -0.25) is 0 Å². The molecule has 9 heteroatoms. The fraction of sp³-hybridized carbons (Fsp3) is 0.429. The van der Waals surface area contributed by atoms with Crippen LogP contribution in [-0.4, -0.2) is 42.8 Å². The number of aliphatic hydroxyl groups is 1. The van der Waals surface area contributed by atoms with Crippen molar-refractivity contribution in [3.8, 4) is 11.5 Å². The van der Waals surface area contributed by atoms with Gasteiger partial charge < -0.3 is 24.1 Å². The van der Waals surface area contributed by atoms with Gasteiger partial charge in [-0.05, 0) is 61.9 Å². The van der Waals surface area contributed by atoms with Crippen molar-refractivity contribution in [1.82, 2.24) is 0 Å². The molecule has 3 rings (SSSR count). The predicted molar refractivity (Wildman–Crippen MR) is 106 cm³/mol. The number of thioether (sulfide) groups is 1. The van der Waals surface area contributed by atoms with Crippen molar-refractivity contribution >= 4 is 11.8 Å². The van der Waals surface area contributed by atoms with E-state index < -0.39 is 17.8 Å². The molecule has 0 radical (unpaired) electrons. The van der Waals surface area contributed by atoms with Crippen molar-refractivity contribution in [2.24, 2.45) is 0 Å². The third-order valence-corrected chi connectivity index (χ3v) is 5.41. The van der Waals surface area contributed by atoms with Crippen LogP contribution in [0.25, 0.3) is 0 Å². The third kappa shape index (κ3) is 6.53. The summed E-state index contributed by atoms with van der Waals surface area (Å²) in [6.07, 6.45) is -5.69. The fourth-order valence-corrected chi connectivity index (χ4v) is 3.63. The van der Waals surface area contributed by atoms with Crippen LogP contribution in [-0.2, 0) is 15.7 Å². The zero-order valence-corrected chi connectivity index (χ0v) is 17.3. The van der Waals surface area contributed by atoms with Gasteiger partial charge in [-0.25, -0.2) is 0 Å². The number of rotatable bonds is 9. The van der Waals surface area contributed by atoms with Crippen LogP contribution in [0.5, 0.6) is 11.5 Å². The van der Waals surface area contributed by atoms with Crippen molar-refractivity contribution in [2.75, 3.05) is 19.0 Å². The number of hydrogen-bond donors (Lipinski definition) is 1. The van der Waals surface area contributed by atoms with Crippen molar-refractivity contribution in [1.29, 1.82) is 0 Å². The standard InChI is InChI=1S/C21H23F3O5S/c1-13-9-18(7-8-19(13)27-11-20-28-14(2)29-20)30-12-16(25)10-26-17-5-3-15(4-6-17)21(22,23)24/h3-9,14,16,20,25H,10-12H2,1-2H3. The van der Waals surface area contributed by atoms with E-state index in [0.717, 1.165) is 28.3 Å². The maximum atomic E-state index is 12.6. The Labute approximate surface area is 177 Å². The summed E-state index contributed by atoms with van der Waals surface area (Å²) in [7, 11) is 0. The van der Waals surface area contributed by atoms with Gasteiger partial charge in [0, 0.05) is 10.6 Å². The number of aliphatic hydroxyl groups excluding tert-OH is 1. The molecule has 0 aromatic heterocycles. The summed E-state index contributed by atoms with van der Waals surface area (Å²) in [5.74, 6) is 1.39. The zero-order valence-electron chi connectivity index (χ0n) is 16.5. The number of hydrogen-bond acceptors (Lipinski definition) is 6. The molecule has 0 spiro atoms. The molecule has 164 valence electrons. The largest absolute Gasteiger partial charge is 0.491 e. The Kier molecular flexibility index (Phi) is 7.51. The molecule has 0 amide bonds. The molecule has 1 heterocycles. The van der Waals surface area contributed by atoms with Crippen LogP contribution < -0.4 is 9.47 Å². The molecule has 0 bridgehead atoms. The van der Waals surface area contributed by atoms with Crippen LogP contribution in [0.3, 0.4) is 0 Å². The SMILES string of the molecule is Cc1cc(SCC(O)COc2ccc(C(F)(F)F)cc2)ccc1OCC1OC(C)O1. The molecule has 0 saturated carbocycles. The van der Waals surface area contributed by atoms with Gasteiger partial charge in [-0.2, -0.15) is 13.2 Å². The maximum absolute atomic E-state index is 12.6. The van der Waals surface area contributed by atoms with E-state index in [9.17, 15) is 18.3 Å². The fourth-order valence-electron chi connectivity index (χ4n) is 2.72. The molecule has 30 heavy (non-hydrogen) atoms. The minimum absolute atomic E-state index is 0.0155. The van der Waals surface area contributed by atoms with E-state index >= 15 is 0 Å². The second kappa shape index (κ2) is 9.91. The Morgan fingerprint density at radius 2 is 1.80 bits per heavy atom. The lowest BCUT2D eigenvalue weighted by Gasteiger charge is -2.33. The lowest BCUT2D eigenvalue weighted by atomic mass is 10.2. The summed E-state index contributed by atoms with van der Waals surface area (Å²) in [4.78, 5) is 0.957. The minimum atomic E-state index is -4.38. The molecule has 0 aliphatic carbocycles. The highest BCUT2D eigenvalue weighted by atomic mass is 32.2. The first-order valence-electron chi connectivity index (χ1n) is 9.36. The molecule has 2 aromatic carbocycles. The summed E-state index contributed by atoms with van der Waals surface area (Å²) < 4.78 is 59.4. The van der Waals surface area contributed by atoms with E-state index in [1.165, 1.54) is 23.9 Å². The maximum Gasteiger partial charge on any atom is 0.416 e. The molecule has 1 unspecified atom stereocenters. The first-order chi connectivity index (χ1) is 14.2. The van der Waals surface area contributed by atoms with E-state index in [0.29, 0.717) is 12.4 Å². The molecule has 1 atom stereocenters. The molecule has 1 aliphatic heterocycles. The van der Waals surface area contributed by atoms with E-state index in [-0.39, 0.29) is 24.9 Å². The lowest BCUT2D eigenvalue weighted by molar-refractivity contribution is -0.380. The van der Waals surface area contributed by atoms with Crippen LogP contribution >= 0.6 is 11.8 Å². The van der Waals surface area contributed by atoms with Gasteiger partial charge in [-0.1, -0.05) is 0 Å². The first-order valence-corrected chi connectivity index (χ1v) is 10.3. The van der Waals surface area contributed by atoms with Crippen molar-refractivity contribution in [2.45, 2.75) is 43.6 Å². The topological polar surface area (TPSA) is 57.2 Å². The van der Waals surface area contributed by atoms with Gasteiger partial charge in [-0.15, -0.1) is 11.8 Å². The minimum Gasteiger partial charge on any atom is -0.491 e. The van der Waals surface area contributed by atoms with Crippen LogP contribution in [0, 0.1) is 6.92 Å². The molecule has 5 nitrogen and oxygen atoms in total. The number of ether oxygens (including phenoxy) is 4. The Hall–Kier alpha value is -1.94. The second-order valence-corrected chi connectivity index (χ2v) is 7.90. The van der Waals surface area contributed by atoms with Gasteiger partial charge >= 0.3 is 6.18 Å². The monoisotopic (exact) mass is 444 g/mol. The van der Waals surface area contributed by atoms with Crippen molar-refractivity contribution in [3.63, 3.8) is 0 Å². The first kappa shape index (κ1) is 22.7. The van der Waals surface area contributed by atoms with E-state index in [4.69, 9.17) is 18.9 Å². The summed E-state index contributed by atoms with van der Waals surface area (Å²) in [6, 6.07) is 10.1. The number of alkyl halides is 3. The molecular formula is C21H23F3O5S. The van der Waals surface area contributed by atoms with Crippen LogP contribution in [0.1, 0.15) is 18.1 Å². The van der Waals surface area contributed by atoms with E-state index in [1.54, 1.807) is 0 Å². The average molecular weight is 444 g/mol. The molecule has 1 N–H and O–H groups in total. The highest BCUT2D eigenvalue weighted by Gasteiger charge is 2.30. The molecule has 1 aliphatic rings. The van der Waals surface area contributed by atoms with E-state index in [1.807, 2.05) is 32.0 Å². The number of benzene rings is 2. The van der Waals surface area contributed by atoms with E-state index in [2.05, 4.69) is 0 Å². The van der Waals surface area contributed by atoms with Crippen molar-refractivity contribution < 1.29 is 37.2 Å². The summed E-state index contributed by atoms with van der Waals surface area (Å²) >= 11 is 1.45. The summed E-state index contributed by atoms with van der Waals surface area (Å²) in [5, 5.41) is 10.1. The highest BCUT2D eigenvalue weighted by molar-refractivity contribution is 7.99. The predicted octanol–water partition coefficient (Wildman–Crippen LogP) is 4.64. The van der Waals surface area contributed by atoms with Crippen molar-refractivity contribution in [3.05, 3.63) is 53.6 Å². The third-order valence-electron chi connectivity index (χ3n) is 4.27. The summed E-state index contributed by atoms with van der Waals surface area (Å²) in [5.41, 5.74) is 0.207. The van der Waals surface area contributed by atoms with Crippen LogP contribution in [0.2, 0.25) is 0 Å². The number of halogens is 3. The second-order valence-electron chi connectivity index (χ2n) is 6.81. The highest BCUT2D eigenvalue weighted by Crippen LogP contribution is 2.30. The smallest absolute Gasteiger partial charge is 0.416 e. The molecule has 1 saturated heterocycles. The molecule has 2 aromatic rings. The van der Waals surface area contributed by atoms with Crippen LogP contribution in [0.15, 0.2) is 47.4 Å². The van der Waals surface area contributed by atoms with Gasteiger partial charge in [0.15, 0.2) is 12.6 Å². The Bertz CT molecular complexity index is 822. The normalized spacial score (nSPS) is 19.8. The van der Waals surface area contributed by atoms with Crippen LogP contribution in [0.4, 0.5) is 13.2 Å². The molecular weight excluding hydrogens is 421 g/mol. The summed E-state index contributed by atoms with van der Waals surface area (Å²) in [6.45, 7) is 4.04. The Balaban J connectivity index is 1.40. The Morgan fingerprint density at radius 1 is 1.10 bits per heavy atom. The zero-order chi connectivity index (χ0) is 21.7. The lowest BCUT2D eigenvalue weighted by Crippen LogP contribution is -2.42. The Morgan fingerprint density at radius 3 is 2.40 bits per heavy atom. The van der Waals surface area contributed by atoms with Gasteiger partial charge in [0.2, 0.25) is 0 Å². The quantitative estimate of drug-likeness (QED) is 0.569. The van der Waals surface area contributed by atoms with Gasteiger partial charge in [0.1, 0.15) is 24.7 Å².